The summed E-state index contributed by atoms with van der Waals surface area (Å²) in [7, 11) is 0. The molecule has 0 saturated carbocycles. The van der Waals surface area contributed by atoms with E-state index in [2.05, 4.69) is 32.1 Å². The molecule has 1 aromatic carbocycles. The Kier molecular flexibility index (Phi) is 4.36. The first-order valence-corrected chi connectivity index (χ1v) is 8.73. The molecule has 1 aliphatic heterocycles. The smallest absolute Gasteiger partial charge is 0.225 e. The van der Waals surface area contributed by atoms with Crippen LogP contribution in [0.5, 0.6) is 0 Å². The van der Waals surface area contributed by atoms with Gasteiger partial charge in [0.25, 0.3) is 0 Å². The van der Waals surface area contributed by atoms with Gasteiger partial charge in [-0.2, -0.15) is 0 Å². The van der Waals surface area contributed by atoms with Gasteiger partial charge in [0, 0.05) is 54.5 Å². The number of hydrogen-bond donors (Lipinski definition) is 2. The second kappa shape index (κ2) is 6.80. The van der Waals surface area contributed by atoms with Gasteiger partial charge in [-0.15, -0.1) is 0 Å². The van der Waals surface area contributed by atoms with Gasteiger partial charge in [-0.1, -0.05) is 6.92 Å². The van der Waals surface area contributed by atoms with E-state index >= 15 is 0 Å². The first-order valence-electron chi connectivity index (χ1n) is 8.73. The third kappa shape index (κ3) is 3.22. The fraction of sp³-hybridized carbons (Fsp3) is 0.368. The molecule has 1 fully saturated rings. The zero-order chi connectivity index (χ0) is 17.2. The van der Waals surface area contributed by atoms with E-state index in [1.807, 2.05) is 18.3 Å². The standard InChI is InChI=1S/C19H22FN5/c1-13(17-11-24-18-9-14(20)3-4-16(17)18)12-25(15-5-8-21-10-15)19-22-6-2-7-23-19/h2-4,6-7,9,11,13,15,21,24H,5,8,10,12H2,1H3. The molecule has 2 unspecified atom stereocenters. The predicted octanol–water partition coefficient (Wildman–Crippen LogP) is 3.07. The van der Waals surface area contributed by atoms with Crippen molar-refractivity contribution in [3.8, 4) is 0 Å². The number of fused-ring (bicyclic) bond motifs is 1. The summed E-state index contributed by atoms with van der Waals surface area (Å²) in [6.45, 7) is 4.99. The van der Waals surface area contributed by atoms with Crippen LogP contribution in [0.2, 0.25) is 0 Å². The van der Waals surface area contributed by atoms with Crippen LogP contribution >= 0.6 is 0 Å². The molecule has 5 nitrogen and oxygen atoms in total. The van der Waals surface area contributed by atoms with E-state index in [-0.39, 0.29) is 11.7 Å². The average Bonchev–Trinajstić information content (AvgIpc) is 3.29. The summed E-state index contributed by atoms with van der Waals surface area (Å²) in [4.78, 5) is 14.4. The normalized spacial score (nSPS) is 18.6. The van der Waals surface area contributed by atoms with Gasteiger partial charge < -0.3 is 15.2 Å². The van der Waals surface area contributed by atoms with Gasteiger partial charge in [-0.05, 0) is 42.8 Å². The van der Waals surface area contributed by atoms with Crippen LogP contribution in [0.1, 0.15) is 24.8 Å². The van der Waals surface area contributed by atoms with Crippen molar-refractivity contribution in [3.05, 3.63) is 54.2 Å². The molecular formula is C19H22FN5. The Balaban J connectivity index is 1.62. The highest BCUT2D eigenvalue weighted by Gasteiger charge is 2.26. The number of aromatic amines is 1. The lowest BCUT2D eigenvalue weighted by atomic mass is 9.99. The molecule has 0 radical (unpaired) electrons. The van der Waals surface area contributed by atoms with Crippen LogP contribution in [0.25, 0.3) is 10.9 Å². The average molecular weight is 339 g/mol. The predicted molar refractivity (Wildman–Crippen MR) is 97.3 cm³/mol. The van der Waals surface area contributed by atoms with Crippen LogP contribution in [0.4, 0.5) is 10.3 Å². The lowest BCUT2D eigenvalue weighted by Gasteiger charge is -2.31. The van der Waals surface area contributed by atoms with Gasteiger partial charge in [0.15, 0.2) is 0 Å². The Hall–Kier alpha value is -2.47. The summed E-state index contributed by atoms with van der Waals surface area (Å²) in [5.41, 5.74) is 2.04. The van der Waals surface area contributed by atoms with Crippen molar-refractivity contribution >= 4 is 16.9 Å². The minimum absolute atomic E-state index is 0.218. The monoisotopic (exact) mass is 339 g/mol. The van der Waals surface area contributed by atoms with E-state index in [1.165, 1.54) is 11.6 Å². The first kappa shape index (κ1) is 16.0. The molecule has 1 aliphatic rings. The summed E-state index contributed by atoms with van der Waals surface area (Å²) < 4.78 is 13.4. The minimum Gasteiger partial charge on any atom is -0.361 e. The Morgan fingerprint density at radius 2 is 2.16 bits per heavy atom. The molecule has 0 bridgehead atoms. The van der Waals surface area contributed by atoms with Gasteiger partial charge in [0.05, 0.1) is 0 Å². The van der Waals surface area contributed by atoms with Gasteiger partial charge >= 0.3 is 0 Å². The van der Waals surface area contributed by atoms with E-state index in [0.717, 1.165) is 42.9 Å². The van der Waals surface area contributed by atoms with Crippen molar-refractivity contribution in [1.29, 1.82) is 0 Å². The van der Waals surface area contributed by atoms with Gasteiger partial charge in [-0.3, -0.25) is 0 Å². The molecule has 0 spiro atoms. The highest BCUT2D eigenvalue weighted by Crippen LogP contribution is 2.28. The molecule has 6 heteroatoms. The summed E-state index contributed by atoms with van der Waals surface area (Å²) in [5, 5.41) is 4.50. The number of H-pyrrole nitrogens is 1. The summed E-state index contributed by atoms with van der Waals surface area (Å²) in [5.74, 6) is 0.822. The lowest BCUT2D eigenvalue weighted by molar-refractivity contribution is 0.581. The summed E-state index contributed by atoms with van der Waals surface area (Å²) >= 11 is 0. The van der Waals surface area contributed by atoms with E-state index < -0.39 is 0 Å². The van der Waals surface area contributed by atoms with Crippen LogP contribution in [-0.4, -0.2) is 40.6 Å². The Morgan fingerprint density at radius 1 is 1.32 bits per heavy atom. The van der Waals surface area contributed by atoms with Crippen molar-refractivity contribution in [1.82, 2.24) is 20.3 Å². The maximum absolute atomic E-state index is 13.4. The third-order valence-electron chi connectivity index (χ3n) is 4.96. The zero-order valence-electron chi connectivity index (χ0n) is 14.2. The summed E-state index contributed by atoms with van der Waals surface area (Å²) in [6.07, 6.45) is 6.66. The topological polar surface area (TPSA) is 56.8 Å². The molecule has 2 aromatic heterocycles. The molecule has 4 rings (SSSR count). The van der Waals surface area contributed by atoms with Crippen LogP contribution in [-0.2, 0) is 0 Å². The van der Waals surface area contributed by atoms with E-state index in [1.54, 1.807) is 18.5 Å². The van der Waals surface area contributed by atoms with Gasteiger partial charge in [0.2, 0.25) is 5.95 Å². The summed E-state index contributed by atoms with van der Waals surface area (Å²) in [6, 6.07) is 7.16. The van der Waals surface area contributed by atoms with E-state index in [0.29, 0.717) is 6.04 Å². The second-order valence-electron chi connectivity index (χ2n) is 6.68. The molecule has 1 saturated heterocycles. The highest BCUT2D eigenvalue weighted by atomic mass is 19.1. The molecule has 0 amide bonds. The Morgan fingerprint density at radius 3 is 2.92 bits per heavy atom. The van der Waals surface area contributed by atoms with Crippen LogP contribution in [0.15, 0.2) is 42.9 Å². The SMILES string of the molecule is CC(CN(c1ncccn1)C1CCNC1)c1c[nH]c2cc(F)ccc12. The van der Waals surface area contributed by atoms with Crippen molar-refractivity contribution < 1.29 is 4.39 Å². The number of nitrogens with one attached hydrogen (secondary N) is 2. The first-order chi connectivity index (χ1) is 12.2. The lowest BCUT2D eigenvalue weighted by Crippen LogP contribution is -2.40. The van der Waals surface area contributed by atoms with Crippen molar-refractivity contribution in [2.75, 3.05) is 24.5 Å². The van der Waals surface area contributed by atoms with Crippen molar-refractivity contribution in [3.63, 3.8) is 0 Å². The molecule has 130 valence electrons. The number of hydrogen-bond acceptors (Lipinski definition) is 4. The molecule has 2 N–H and O–H groups in total. The molecule has 3 heterocycles. The van der Waals surface area contributed by atoms with E-state index in [4.69, 9.17) is 0 Å². The zero-order valence-corrected chi connectivity index (χ0v) is 14.2. The van der Waals surface area contributed by atoms with Crippen molar-refractivity contribution in [2.45, 2.75) is 25.3 Å². The number of benzene rings is 1. The van der Waals surface area contributed by atoms with Crippen molar-refractivity contribution in [2.24, 2.45) is 0 Å². The highest BCUT2D eigenvalue weighted by molar-refractivity contribution is 5.83. The van der Waals surface area contributed by atoms with Crippen LogP contribution in [0, 0.1) is 5.82 Å². The molecule has 3 aromatic rings. The van der Waals surface area contributed by atoms with Gasteiger partial charge in [0.1, 0.15) is 5.82 Å². The van der Waals surface area contributed by atoms with Gasteiger partial charge in [-0.25, -0.2) is 14.4 Å². The second-order valence-corrected chi connectivity index (χ2v) is 6.68. The minimum atomic E-state index is -0.218. The fourth-order valence-corrected chi connectivity index (χ4v) is 3.66. The molecular weight excluding hydrogens is 317 g/mol. The number of aromatic nitrogens is 3. The molecule has 25 heavy (non-hydrogen) atoms. The number of rotatable bonds is 5. The maximum atomic E-state index is 13.4. The fourth-order valence-electron chi connectivity index (χ4n) is 3.66. The largest absolute Gasteiger partial charge is 0.361 e. The number of nitrogens with zero attached hydrogens (tertiary/aromatic N) is 3. The van der Waals surface area contributed by atoms with Crippen LogP contribution in [0.3, 0.4) is 0 Å². The number of anilines is 1. The number of halogens is 1. The third-order valence-corrected chi connectivity index (χ3v) is 4.96. The maximum Gasteiger partial charge on any atom is 0.225 e. The Labute approximate surface area is 146 Å². The van der Waals surface area contributed by atoms with E-state index in [9.17, 15) is 4.39 Å². The molecule has 0 aliphatic carbocycles. The quantitative estimate of drug-likeness (QED) is 0.750. The Bertz CT molecular complexity index is 841. The molecule has 2 atom stereocenters. The van der Waals surface area contributed by atoms with Crippen LogP contribution < -0.4 is 10.2 Å².